The lowest BCUT2D eigenvalue weighted by molar-refractivity contribution is 0.322. The van der Waals surface area contributed by atoms with Crippen molar-refractivity contribution < 1.29 is 5.11 Å². The van der Waals surface area contributed by atoms with Crippen LogP contribution in [-0.2, 0) is 6.42 Å². The van der Waals surface area contributed by atoms with Gasteiger partial charge >= 0.3 is 0 Å². The van der Waals surface area contributed by atoms with Crippen LogP contribution in [0.3, 0.4) is 0 Å². The molecule has 0 aliphatic rings. The van der Waals surface area contributed by atoms with Crippen molar-refractivity contribution in [1.82, 2.24) is 15.0 Å². The molecule has 1 aromatic rings. The van der Waals surface area contributed by atoms with Crippen molar-refractivity contribution in [3.63, 3.8) is 0 Å². The standard InChI is InChI=1S/C7H13N5OS/c8-6-10-5(11-7(9)12-6)1-3-14-4-2-13/h13H,1-4H2,(H4,8,9,10,11,12). The Morgan fingerprint density at radius 2 is 1.71 bits per heavy atom. The van der Waals surface area contributed by atoms with Crippen LogP contribution < -0.4 is 11.5 Å². The van der Waals surface area contributed by atoms with Gasteiger partial charge in [-0.1, -0.05) is 0 Å². The first-order chi connectivity index (χ1) is 6.72. The lowest BCUT2D eigenvalue weighted by Gasteiger charge is -2.01. The number of aliphatic hydroxyl groups is 1. The van der Waals surface area contributed by atoms with Gasteiger partial charge in [-0.05, 0) is 0 Å². The Bertz CT molecular complexity index is 275. The minimum Gasteiger partial charge on any atom is -0.396 e. The zero-order valence-corrected chi connectivity index (χ0v) is 8.50. The van der Waals surface area contributed by atoms with Crippen molar-refractivity contribution in [2.75, 3.05) is 29.6 Å². The van der Waals surface area contributed by atoms with Gasteiger partial charge in [0.15, 0.2) is 0 Å². The van der Waals surface area contributed by atoms with Crippen LogP contribution in [0.5, 0.6) is 0 Å². The highest BCUT2D eigenvalue weighted by atomic mass is 32.2. The van der Waals surface area contributed by atoms with E-state index in [0.29, 0.717) is 12.2 Å². The van der Waals surface area contributed by atoms with E-state index in [1.807, 2.05) is 0 Å². The molecule has 0 saturated heterocycles. The molecule has 1 heterocycles. The minimum absolute atomic E-state index is 0.152. The van der Waals surface area contributed by atoms with E-state index in [4.69, 9.17) is 16.6 Å². The third kappa shape index (κ3) is 3.75. The van der Waals surface area contributed by atoms with Gasteiger partial charge in [-0.2, -0.15) is 26.7 Å². The number of nitrogens with two attached hydrogens (primary N) is 2. The molecule has 0 fully saturated rings. The number of thioether (sulfide) groups is 1. The zero-order chi connectivity index (χ0) is 10.4. The molecule has 78 valence electrons. The van der Waals surface area contributed by atoms with Gasteiger partial charge in [0.25, 0.3) is 0 Å². The van der Waals surface area contributed by atoms with Gasteiger partial charge in [-0.3, -0.25) is 0 Å². The Hall–Kier alpha value is -1.08. The predicted molar refractivity (Wildman–Crippen MR) is 56.8 cm³/mol. The summed E-state index contributed by atoms with van der Waals surface area (Å²) < 4.78 is 0. The summed E-state index contributed by atoms with van der Waals surface area (Å²) in [5, 5.41) is 8.55. The van der Waals surface area contributed by atoms with Gasteiger partial charge in [-0.15, -0.1) is 0 Å². The smallest absolute Gasteiger partial charge is 0.225 e. The molecule has 0 aromatic carbocycles. The number of nitrogens with zero attached hydrogens (tertiary/aromatic N) is 3. The van der Waals surface area contributed by atoms with Crippen LogP contribution in [0, 0.1) is 0 Å². The number of anilines is 2. The fourth-order valence-corrected chi connectivity index (χ4v) is 1.56. The molecule has 1 rings (SSSR count). The molecule has 5 N–H and O–H groups in total. The number of hydrogen-bond acceptors (Lipinski definition) is 7. The van der Waals surface area contributed by atoms with Gasteiger partial charge in [0.2, 0.25) is 11.9 Å². The largest absolute Gasteiger partial charge is 0.396 e. The average molecular weight is 215 g/mol. The predicted octanol–water partition coefficient (Wildman–Crippen LogP) is -0.696. The Morgan fingerprint density at radius 3 is 2.29 bits per heavy atom. The highest BCUT2D eigenvalue weighted by Crippen LogP contribution is 2.04. The van der Waals surface area contributed by atoms with Gasteiger partial charge in [0.05, 0.1) is 6.61 Å². The maximum atomic E-state index is 8.55. The van der Waals surface area contributed by atoms with E-state index in [1.165, 1.54) is 0 Å². The molecule has 0 bridgehead atoms. The van der Waals surface area contributed by atoms with Crippen LogP contribution in [0.15, 0.2) is 0 Å². The van der Waals surface area contributed by atoms with Gasteiger partial charge in [-0.25, -0.2) is 0 Å². The fourth-order valence-electron chi connectivity index (χ4n) is 0.899. The molecule has 14 heavy (non-hydrogen) atoms. The fraction of sp³-hybridized carbons (Fsp3) is 0.571. The first kappa shape index (κ1) is 11.0. The van der Waals surface area contributed by atoms with Gasteiger partial charge in [0, 0.05) is 17.9 Å². The second kappa shape index (κ2) is 5.61. The Labute approximate surface area is 86.1 Å². The number of rotatable bonds is 5. The lowest BCUT2D eigenvalue weighted by atomic mass is 10.4. The molecule has 0 saturated carbocycles. The van der Waals surface area contributed by atoms with Crippen LogP contribution in [0.1, 0.15) is 5.82 Å². The number of nitrogen functional groups attached to an aromatic ring is 2. The third-order valence-electron chi connectivity index (χ3n) is 1.42. The van der Waals surface area contributed by atoms with Crippen molar-refractivity contribution >= 4 is 23.7 Å². The maximum Gasteiger partial charge on any atom is 0.225 e. The molecular weight excluding hydrogens is 202 g/mol. The molecule has 0 aliphatic heterocycles. The first-order valence-corrected chi connectivity index (χ1v) is 5.32. The van der Waals surface area contributed by atoms with Crippen molar-refractivity contribution in [3.05, 3.63) is 5.82 Å². The van der Waals surface area contributed by atoms with Crippen molar-refractivity contribution in [3.8, 4) is 0 Å². The topological polar surface area (TPSA) is 111 Å². The van der Waals surface area contributed by atoms with E-state index < -0.39 is 0 Å². The normalized spacial score (nSPS) is 10.4. The Kier molecular flexibility index (Phi) is 4.41. The van der Waals surface area contributed by atoms with E-state index in [2.05, 4.69) is 15.0 Å². The molecule has 6 nitrogen and oxygen atoms in total. The summed E-state index contributed by atoms with van der Waals surface area (Å²) in [6, 6.07) is 0. The summed E-state index contributed by atoms with van der Waals surface area (Å²) in [5.74, 6) is 2.46. The molecule has 0 radical (unpaired) electrons. The average Bonchev–Trinajstić information content (AvgIpc) is 2.11. The van der Waals surface area contributed by atoms with Crippen molar-refractivity contribution in [2.24, 2.45) is 0 Å². The van der Waals surface area contributed by atoms with Crippen LogP contribution in [-0.4, -0.2) is 38.2 Å². The monoisotopic (exact) mass is 215 g/mol. The molecular formula is C7H13N5OS. The maximum absolute atomic E-state index is 8.55. The van der Waals surface area contributed by atoms with Crippen LogP contribution in [0.4, 0.5) is 11.9 Å². The van der Waals surface area contributed by atoms with E-state index in [-0.39, 0.29) is 18.5 Å². The first-order valence-electron chi connectivity index (χ1n) is 4.17. The number of aliphatic hydroxyl groups excluding tert-OH is 1. The number of hydrogen-bond donors (Lipinski definition) is 3. The Balaban J connectivity index is 2.42. The van der Waals surface area contributed by atoms with Crippen molar-refractivity contribution in [1.29, 1.82) is 0 Å². The molecule has 0 spiro atoms. The number of aryl methyl sites for hydroxylation is 1. The summed E-state index contributed by atoms with van der Waals surface area (Å²) in [6.07, 6.45) is 0.682. The summed E-state index contributed by atoms with van der Waals surface area (Å²) in [7, 11) is 0. The highest BCUT2D eigenvalue weighted by Gasteiger charge is 2.01. The van der Waals surface area contributed by atoms with E-state index in [0.717, 1.165) is 11.5 Å². The minimum atomic E-state index is 0.152. The highest BCUT2D eigenvalue weighted by molar-refractivity contribution is 7.99. The lowest BCUT2D eigenvalue weighted by Crippen LogP contribution is -2.07. The molecule has 0 aliphatic carbocycles. The second-order valence-electron chi connectivity index (χ2n) is 2.55. The van der Waals surface area contributed by atoms with Crippen LogP contribution in [0.25, 0.3) is 0 Å². The SMILES string of the molecule is Nc1nc(N)nc(CCSCCO)n1. The summed E-state index contributed by atoms with van der Waals surface area (Å²) in [6.45, 7) is 0.187. The van der Waals surface area contributed by atoms with Gasteiger partial charge in [0.1, 0.15) is 5.82 Å². The van der Waals surface area contributed by atoms with E-state index in [9.17, 15) is 0 Å². The second-order valence-corrected chi connectivity index (χ2v) is 3.78. The number of aromatic nitrogens is 3. The quantitative estimate of drug-likeness (QED) is 0.557. The van der Waals surface area contributed by atoms with Gasteiger partial charge < -0.3 is 16.6 Å². The summed E-state index contributed by atoms with van der Waals surface area (Å²) in [5.41, 5.74) is 10.8. The molecule has 0 amide bonds. The van der Waals surface area contributed by atoms with E-state index in [1.54, 1.807) is 11.8 Å². The van der Waals surface area contributed by atoms with Crippen LogP contribution >= 0.6 is 11.8 Å². The molecule has 7 heteroatoms. The molecule has 1 aromatic heterocycles. The van der Waals surface area contributed by atoms with E-state index >= 15 is 0 Å². The summed E-state index contributed by atoms with van der Waals surface area (Å²) in [4.78, 5) is 11.5. The Morgan fingerprint density at radius 1 is 1.07 bits per heavy atom. The molecule has 0 atom stereocenters. The van der Waals surface area contributed by atoms with Crippen molar-refractivity contribution in [2.45, 2.75) is 6.42 Å². The summed E-state index contributed by atoms with van der Waals surface area (Å²) >= 11 is 1.63. The van der Waals surface area contributed by atoms with Crippen LogP contribution in [0.2, 0.25) is 0 Å². The zero-order valence-electron chi connectivity index (χ0n) is 7.68. The molecule has 0 unspecified atom stereocenters. The third-order valence-corrected chi connectivity index (χ3v) is 2.39.